The quantitative estimate of drug-likeness (QED) is 0.402. The van der Waals surface area contributed by atoms with E-state index >= 15 is 0 Å². The molecule has 184 valence electrons. The summed E-state index contributed by atoms with van der Waals surface area (Å²) in [5.74, 6) is 0.618. The molecule has 1 fully saturated rings. The molecule has 2 aliphatic rings. The van der Waals surface area contributed by atoms with E-state index in [-0.39, 0.29) is 5.54 Å². The van der Waals surface area contributed by atoms with Gasteiger partial charge in [-0.3, -0.25) is 0 Å². The number of rotatable bonds is 3. The zero-order chi connectivity index (χ0) is 24.7. The highest BCUT2D eigenvalue weighted by Crippen LogP contribution is 2.49. The number of hydrogen-bond donors (Lipinski definition) is 2. The van der Waals surface area contributed by atoms with Crippen LogP contribution in [0.5, 0.6) is 0 Å². The second-order valence-electron chi connectivity index (χ2n) is 8.23. The lowest BCUT2D eigenvalue weighted by Gasteiger charge is -2.33. The molecule has 3 rings (SSSR count). The van der Waals surface area contributed by atoms with Gasteiger partial charge < -0.3 is 14.9 Å². The molecule has 0 saturated heterocycles. The Labute approximate surface area is 200 Å². The van der Waals surface area contributed by atoms with Gasteiger partial charge >= 0.3 is 6.18 Å². The van der Waals surface area contributed by atoms with E-state index in [0.29, 0.717) is 5.76 Å². The number of aliphatic hydroxyl groups is 1. The minimum atomic E-state index is -4.34. The lowest BCUT2D eigenvalue weighted by atomic mass is 9.80. The van der Waals surface area contributed by atoms with Gasteiger partial charge in [0.2, 0.25) is 0 Å². The van der Waals surface area contributed by atoms with Gasteiger partial charge in [-0.1, -0.05) is 73.9 Å². The first-order valence-corrected chi connectivity index (χ1v) is 15.1. The summed E-state index contributed by atoms with van der Waals surface area (Å²) in [4.78, 5) is 0. The summed E-state index contributed by atoms with van der Waals surface area (Å²) in [7, 11) is 0. The van der Waals surface area contributed by atoms with Gasteiger partial charge in [-0.05, 0) is 50.3 Å². The molecule has 1 aromatic rings. The van der Waals surface area contributed by atoms with Crippen LogP contribution in [-0.4, -0.2) is 36.6 Å². The fourth-order valence-electron chi connectivity index (χ4n) is 4.33. The summed E-state index contributed by atoms with van der Waals surface area (Å²) >= 11 is 9.65. The van der Waals surface area contributed by atoms with E-state index in [1.54, 1.807) is 0 Å². The summed E-state index contributed by atoms with van der Waals surface area (Å²) in [6, 6.07) is 4.43. The molecule has 1 atom stereocenters. The molecule has 1 unspecified atom stereocenters. The molecule has 1 aliphatic carbocycles. The molecule has 2 N–H and O–H groups in total. The molecule has 1 spiro atoms. The van der Waals surface area contributed by atoms with Crippen LogP contribution in [0.1, 0.15) is 68.2 Å². The van der Waals surface area contributed by atoms with Crippen molar-refractivity contribution >= 4 is 34.2 Å². The molecule has 1 aromatic carbocycles. The number of aliphatic hydroxyl groups excluding tert-OH is 1. The Morgan fingerprint density at radius 3 is 2.03 bits per heavy atom. The molecule has 32 heavy (non-hydrogen) atoms. The number of nitrogens with one attached hydrogen (secondary N) is 1. The van der Waals surface area contributed by atoms with Crippen LogP contribution in [0.3, 0.4) is 0 Å². The summed E-state index contributed by atoms with van der Waals surface area (Å²) in [6.07, 6.45) is 1.55. The maximum Gasteiger partial charge on any atom is 0.412 e. The average molecular weight is 514 g/mol. The molecule has 0 bridgehead atoms. The van der Waals surface area contributed by atoms with E-state index in [2.05, 4.69) is 54.6 Å². The third-order valence-electron chi connectivity index (χ3n) is 5.49. The highest BCUT2D eigenvalue weighted by atomic mass is 35.7. The lowest BCUT2D eigenvalue weighted by Crippen LogP contribution is -2.44. The Morgan fingerprint density at radius 1 is 1.12 bits per heavy atom. The fourth-order valence-corrected chi connectivity index (χ4v) is 5.02. The Hall–Kier alpha value is -0.590. The fraction of sp³-hybridized carbons (Fsp3) is 0.652. The van der Waals surface area contributed by atoms with E-state index in [4.69, 9.17) is 11.2 Å². The van der Waals surface area contributed by atoms with Crippen LogP contribution >= 0.6 is 16.9 Å². The zero-order valence-corrected chi connectivity index (χ0v) is 22.3. The van der Waals surface area contributed by atoms with Crippen LogP contribution in [-0.2, 0) is 16.3 Å². The number of hydrogen-bond acceptors (Lipinski definition) is 4. The van der Waals surface area contributed by atoms with E-state index in [1.165, 1.54) is 48.2 Å². The summed E-state index contributed by atoms with van der Waals surface area (Å²) in [5, 5.41) is 14.5. The summed E-state index contributed by atoms with van der Waals surface area (Å²) in [6.45, 7) is 11.2. The van der Waals surface area contributed by atoms with Crippen LogP contribution in [0, 0.1) is 20.8 Å². The molecule has 1 saturated carbocycles. The van der Waals surface area contributed by atoms with Gasteiger partial charge in [0.25, 0.3) is 0 Å². The molecule has 0 amide bonds. The Bertz CT molecular complexity index is 823. The van der Waals surface area contributed by atoms with E-state index in [9.17, 15) is 18.3 Å². The molecule has 1 aliphatic heterocycles. The molecule has 9 heteroatoms. The molecule has 0 aromatic heterocycles. The van der Waals surface area contributed by atoms with Crippen molar-refractivity contribution in [2.24, 2.45) is 0 Å². The van der Waals surface area contributed by atoms with Crippen LogP contribution in [0.15, 0.2) is 17.9 Å². The van der Waals surface area contributed by atoms with Gasteiger partial charge in [0.15, 0.2) is 0 Å². The zero-order valence-electron chi connectivity index (χ0n) is 19.8. The summed E-state index contributed by atoms with van der Waals surface area (Å²) in [5.41, 5.74) is 3.42. The molecule has 0 radical (unpaired) electrons. The number of benzene rings is 1. The van der Waals surface area contributed by atoms with Crippen LogP contribution in [0.2, 0.25) is 0 Å². The number of alkyl halides is 3. The molecular weight excluding hydrogens is 478 g/mol. The first-order chi connectivity index (χ1) is 14.7. The van der Waals surface area contributed by atoms with E-state index in [0.717, 1.165) is 25.0 Å². The van der Waals surface area contributed by atoms with Crippen molar-refractivity contribution in [3.63, 3.8) is 0 Å². The van der Waals surface area contributed by atoms with Gasteiger partial charge in [-0.2, -0.15) is 13.2 Å². The third-order valence-corrected chi connectivity index (χ3v) is 6.69. The minimum Gasteiger partial charge on any atom is -0.510 e. The van der Waals surface area contributed by atoms with Crippen molar-refractivity contribution in [1.82, 2.24) is 5.32 Å². The van der Waals surface area contributed by atoms with Crippen molar-refractivity contribution in [1.29, 1.82) is 0 Å². The second kappa shape index (κ2) is 12.2. The Kier molecular flexibility index (Phi) is 11.2. The van der Waals surface area contributed by atoms with Gasteiger partial charge in [-0.25, -0.2) is 0 Å². The first kappa shape index (κ1) is 29.4. The van der Waals surface area contributed by atoms with Gasteiger partial charge in [-0.15, -0.1) is 0 Å². The van der Waals surface area contributed by atoms with E-state index in [1.807, 2.05) is 13.8 Å². The van der Waals surface area contributed by atoms with Crippen molar-refractivity contribution in [3.05, 3.63) is 40.1 Å². The largest absolute Gasteiger partial charge is 0.510 e. The number of halogens is 4. The van der Waals surface area contributed by atoms with Crippen LogP contribution in [0.4, 0.5) is 13.2 Å². The van der Waals surface area contributed by atoms with Crippen LogP contribution < -0.4 is 5.32 Å². The smallest absolute Gasteiger partial charge is 0.412 e. The maximum atomic E-state index is 11.4. The Balaban J connectivity index is 0.000000364. The highest BCUT2D eigenvalue weighted by Gasteiger charge is 2.42. The predicted molar refractivity (Wildman–Crippen MR) is 133 cm³/mol. The van der Waals surface area contributed by atoms with Gasteiger partial charge in [0.1, 0.15) is 18.0 Å². The molecular formula is C23H36ClF3NO2PS. The van der Waals surface area contributed by atoms with Gasteiger partial charge in [0.05, 0.1) is 5.54 Å². The Morgan fingerprint density at radius 2 is 1.62 bits per heavy atom. The third kappa shape index (κ3) is 8.64. The van der Waals surface area contributed by atoms with E-state index < -0.39 is 18.4 Å². The number of aryl methyl sites for hydroxylation is 3. The lowest BCUT2D eigenvalue weighted by molar-refractivity contribution is -0.151. The molecule has 1 heterocycles. The van der Waals surface area contributed by atoms with Gasteiger partial charge in [0, 0.05) is 18.8 Å². The SMILES string of the molecule is CC.CP(=S)(Cl)OCC(F)(F)F.Cc1cc(C)c(C2=C(O)C3(CCCCC3)NC2)c(C)c1. The summed E-state index contributed by atoms with van der Waals surface area (Å²) < 4.78 is 38.3. The topological polar surface area (TPSA) is 41.5 Å². The minimum absolute atomic E-state index is 0.128. The maximum absolute atomic E-state index is 11.4. The van der Waals surface area contributed by atoms with Crippen molar-refractivity contribution in [2.75, 3.05) is 19.8 Å². The van der Waals surface area contributed by atoms with Crippen molar-refractivity contribution in [2.45, 2.75) is 78.4 Å². The highest BCUT2D eigenvalue weighted by molar-refractivity contribution is 8.24. The first-order valence-electron chi connectivity index (χ1n) is 11.0. The second-order valence-corrected chi connectivity index (χ2v) is 14.6. The monoisotopic (exact) mass is 513 g/mol. The molecule has 3 nitrogen and oxygen atoms in total. The average Bonchev–Trinajstić information content (AvgIpc) is 2.97. The normalized spacial score (nSPS) is 19.6. The van der Waals surface area contributed by atoms with Crippen molar-refractivity contribution < 1.29 is 22.8 Å². The van der Waals surface area contributed by atoms with Crippen LogP contribution in [0.25, 0.3) is 5.57 Å². The van der Waals surface area contributed by atoms with Crippen molar-refractivity contribution in [3.8, 4) is 0 Å². The predicted octanol–water partition coefficient (Wildman–Crippen LogP) is 7.96. The standard InChI is InChI=1S/C18H25NO.C3H5ClF3OPS.C2H6/c1-12-9-13(2)16(14(3)10-12)15-11-19-18(17(15)20)7-5-4-6-8-18;1-9(4,10)8-2-3(5,6)7;1-2/h9-10,19-20H,4-8,11H2,1-3H3;2H2,1H3;1-2H3.